The van der Waals surface area contributed by atoms with Crippen molar-refractivity contribution in [2.45, 2.75) is 6.42 Å². The van der Waals surface area contributed by atoms with E-state index in [1.165, 1.54) is 5.56 Å². The average Bonchev–Trinajstić information content (AvgIpc) is 3.16. The number of aromatic nitrogens is 2. The van der Waals surface area contributed by atoms with Gasteiger partial charge in [0.1, 0.15) is 5.75 Å². The lowest BCUT2D eigenvalue weighted by atomic mass is 10.0. The second-order valence-electron chi connectivity index (χ2n) is 5.07. The molecule has 0 spiro atoms. The van der Waals surface area contributed by atoms with E-state index in [2.05, 4.69) is 56.5 Å². The molecule has 2 heterocycles. The van der Waals surface area contributed by atoms with Gasteiger partial charge >= 0.3 is 0 Å². The Hall–Kier alpha value is -2.07. The summed E-state index contributed by atoms with van der Waals surface area (Å²) in [5, 5.41) is 7.55. The SMILES string of the molecule is Brc1cc2c(c(-c3cc(-c4ccccc4)n[nH]3)c1)OCC2. The van der Waals surface area contributed by atoms with Crippen LogP contribution in [0.1, 0.15) is 5.56 Å². The highest BCUT2D eigenvalue weighted by Gasteiger charge is 2.20. The van der Waals surface area contributed by atoms with Crippen molar-refractivity contribution < 1.29 is 4.74 Å². The van der Waals surface area contributed by atoms with Crippen LogP contribution >= 0.6 is 15.9 Å². The fourth-order valence-electron chi connectivity index (χ4n) is 2.69. The zero-order valence-electron chi connectivity index (χ0n) is 11.3. The number of fused-ring (bicyclic) bond motifs is 1. The molecule has 1 aliphatic rings. The van der Waals surface area contributed by atoms with Crippen molar-refractivity contribution in [2.24, 2.45) is 0 Å². The quantitative estimate of drug-likeness (QED) is 0.748. The van der Waals surface area contributed by atoms with E-state index < -0.39 is 0 Å². The molecule has 0 saturated heterocycles. The topological polar surface area (TPSA) is 37.9 Å². The summed E-state index contributed by atoms with van der Waals surface area (Å²) in [7, 11) is 0. The predicted molar refractivity (Wildman–Crippen MR) is 86.4 cm³/mol. The van der Waals surface area contributed by atoms with Gasteiger partial charge in [-0.05, 0) is 23.8 Å². The van der Waals surface area contributed by atoms with Crippen LogP contribution in [0.3, 0.4) is 0 Å². The summed E-state index contributed by atoms with van der Waals surface area (Å²) in [6, 6.07) is 16.4. The van der Waals surface area contributed by atoms with Crippen LogP contribution in [0.4, 0.5) is 0 Å². The second kappa shape index (κ2) is 5.04. The maximum absolute atomic E-state index is 5.79. The van der Waals surface area contributed by atoms with Crippen LogP contribution in [0.15, 0.2) is 53.0 Å². The highest BCUT2D eigenvalue weighted by molar-refractivity contribution is 9.10. The Morgan fingerprint density at radius 2 is 1.95 bits per heavy atom. The molecule has 0 bridgehead atoms. The molecule has 0 fully saturated rings. The second-order valence-corrected chi connectivity index (χ2v) is 5.99. The lowest BCUT2D eigenvalue weighted by molar-refractivity contribution is 0.358. The van der Waals surface area contributed by atoms with Crippen LogP contribution in [0, 0.1) is 0 Å². The van der Waals surface area contributed by atoms with Gasteiger partial charge < -0.3 is 4.74 Å². The molecule has 21 heavy (non-hydrogen) atoms. The van der Waals surface area contributed by atoms with Gasteiger partial charge in [-0.15, -0.1) is 0 Å². The fourth-order valence-corrected chi connectivity index (χ4v) is 3.19. The largest absolute Gasteiger partial charge is 0.492 e. The number of rotatable bonds is 2. The average molecular weight is 341 g/mol. The molecule has 1 aromatic heterocycles. The summed E-state index contributed by atoms with van der Waals surface area (Å²) in [6.07, 6.45) is 0.960. The molecule has 0 amide bonds. The normalized spacial score (nSPS) is 13.0. The maximum Gasteiger partial charge on any atom is 0.132 e. The third-order valence-corrected chi connectivity index (χ3v) is 4.14. The Kier molecular flexibility index (Phi) is 3.04. The van der Waals surface area contributed by atoms with E-state index in [1.807, 2.05) is 18.2 Å². The lowest BCUT2D eigenvalue weighted by Crippen LogP contribution is -1.89. The zero-order chi connectivity index (χ0) is 14.2. The van der Waals surface area contributed by atoms with Gasteiger partial charge in [0.15, 0.2) is 0 Å². The van der Waals surface area contributed by atoms with Gasteiger partial charge in [-0.1, -0.05) is 46.3 Å². The molecule has 4 heteroatoms. The summed E-state index contributed by atoms with van der Waals surface area (Å²) in [5.41, 5.74) is 5.33. The van der Waals surface area contributed by atoms with Gasteiger partial charge in [-0.25, -0.2) is 0 Å². The number of nitrogens with zero attached hydrogens (tertiary/aromatic N) is 1. The molecule has 0 atom stereocenters. The Bertz CT molecular complexity index is 796. The third-order valence-electron chi connectivity index (χ3n) is 3.69. The summed E-state index contributed by atoms with van der Waals surface area (Å²) in [6.45, 7) is 0.748. The van der Waals surface area contributed by atoms with Gasteiger partial charge in [0.2, 0.25) is 0 Å². The first-order valence-corrected chi connectivity index (χ1v) is 7.67. The first-order valence-electron chi connectivity index (χ1n) is 6.88. The van der Waals surface area contributed by atoms with Gasteiger partial charge in [-0.2, -0.15) is 5.10 Å². The molecule has 3 nitrogen and oxygen atoms in total. The van der Waals surface area contributed by atoms with Crippen molar-refractivity contribution >= 4 is 15.9 Å². The Balaban J connectivity index is 1.81. The van der Waals surface area contributed by atoms with Crippen LogP contribution in [0.5, 0.6) is 5.75 Å². The smallest absolute Gasteiger partial charge is 0.132 e. The summed E-state index contributed by atoms with van der Waals surface area (Å²) in [4.78, 5) is 0. The minimum absolute atomic E-state index is 0.748. The molecular formula is C17H13BrN2O. The molecule has 0 saturated carbocycles. The van der Waals surface area contributed by atoms with E-state index in [1.54, 1.807) is 0 Å². The number of hydrogen-bond donors (Lipinski definition) is 1. The molecule has 1 N–H and O–H groups in total. The molecule has 0 radical (unpaired) electrons. The molecule has 1 aliphatic heterocycles. The van der Waals surface area contributed by atoms with E-state index in [4.69, 9.17) is 4.74 Å². The number of ether oxygens (including phenoxy) is 1. The van der Waals surface area contributed by atoms with Crippen LogP contribution in [-0.4, -0.2) is 16.8 Å². The number of aromatic amines is 1. The van der Waals surface area contributed by atoms with Crippen LogP contribution < -0.4 is 4.74 Å². The zero-order valence-corrected chi connectivity index (χ0v) is 12.9. The van der Waals surface area contributed by atoms with Crippen molar-refractivity contribution in [3.8, 4) is 28.3 Å². The standard InChI is InChI=1S/C17H13BrN2O/c18-13-8-12-6-7-21-17(12)14(9-13)16-10-15(19-20-16)11-4-2-1-3-5-11/h1-5,8-10H,6-7H2,(H,19,20). The van der Waals surface area contributed by atoms with Crippen molar-refractivity contribution in [1.82, 2.24) is 10.2 Å². The number of nitrogens with one attached hydrogen (secondary N) is 1. The summed E-state index contributed by atoms with van der Waals surface area (Å²) in [5.74, 6) is 0.974. The molecule has 2 aromatic carbocycles. The predicted octanol–water partition coefficient (Wildman–Crippen LogP) is 4.44. The van der Waals surface area contributed by atoms with Crippen molar-refractivity contribution in [2.75, 3.05) is 6.61 Å². The van der Waals surface area contributed by atoms with Crippen LogP contribution in [-0.2, 0) is 6.42 Å². The molecule has 0 unspecified atom stereocenters. The summed E-state index contributed by atoms with van der Waals surface area (Å²) >= 11 is 3.57. The Morgan fingerprint density at radius 3 is 2.81 bits per heavy atom. The van der Waals surface area contributed by atoms with E-state index in [-0.39, 0.29) is 0 Å². The highest BCUT2D eigenvalue weighted by Crippen LogP contribution is 2.39. The number of H-pyrrole nitrogens is 1. The van der Waals surface area contributed by atoms with Crippen molar-refractivity contribution in [3.05, 3.63) is 58.6 Å². The third kappa shape index (κ3) is 2.25. The maximum atomic E-state index is 5.79. The van der Waals surface area contributed by atoms with Crippen LogP contribution in [0.25, 0.3) is 22.5 Å². The van der Waals surface area contributed by atoms with Gasteiger partial charge in [0.05, 0.1) is 18.0 Å². The molecule has 0 aliphatic carbocycles. The Morgan fingerprint density at radius 1 is 1.10 bits per heavy atom. The highest BCUT2D eigenvalue weighted by atomic mass is 79.9. The lowest BCUT2D eigenvalue weighted by Gasteiger charge is -2.06. The van der Waals surface area contributed by atoms with Crippen molar-refractivity contribution in [1.29, 1.82) is 0 Å². The van der Waals surface area contributed by atoms with E-state index in [9.17, 15) is 0 Å². The number of benzene rings is 2. The Labute approximate surface area is 131 Å². The monoisotopic (exact) mass is 340 g/mol. The van der Waals surface area contributed by atoms with Crippen molar-refractivity contribution in [3.63, 3.8) is 0 Å². The first-order chi connectivity index (χ1) is 10.3. The van der Waals surface area contributed by atoms with E-state index >= 15 is 0 Å². The molecular weight excluding hydrogens is 328 g/mol. The van der Waals surface area contributed by atoms with E-state index in [0.717, 1.165) is 45.8 Å². The minimum Gasteiger partial charge on any atom is -0.492 e. The first kappa shape index (κ1) is 12.7. The van der Waals surface area contributed by atoms with Gasteiger partial charge in [0.25, 0.3) is 0 Å². The fraction of sp³-hybridized carbons (Fsp3) is 0.118. The summed E-state index contributed by atoms with van der Waals surface area (Å²) < 4.78 is 6.85. The molecule has 104 valence electrons. The number of halogens is 1. The van der Waals surface area contributed by atoms with Crippen LogP contribution in [0.2, 0.25) is 0 Å². The van der Waals surface area contributed by atoms with E-state index in [0.29, 0.717) is 0 Å². The minimum atomic E-state index is 0.748. The molecule has 3 aromatic rings. The van der Waals surface area contributed by atoms with Gasteiger partial charge in [-0.3, -0.25) is 5.10 Å². The number of hydrogen-bond acceptors (Lipinski definition) is 2. The molecule has 4 rings (SSSR count). The van der Waals surface area contributed by atoms with Gasteiger partial charge in [0, 0.05) is 22.0 Å².